The van der Waals surface area contributed by atoms with E-state index in [0.29, 0.717) is 22.7 Å². The Labute approximate surface area is 144 Å². The first-order valence-electron chi connectivity index (χ1n) is 6.90. The molecule has 1 aliphatic heterocycles. The van der Waals surface area contributed by atoms with E-state index in [2.05, 4.69) is 10.5 Å². The van der Waals surface area contributed by atoms with Crippen LogP contribution in [0, 0.1) is 5.92 Å². The molecule has 1 aromatic rings. The summed E-state index contributed by atoms with van der Waals surface area (Å²) >= 11 is 11.7. The third-order valence-electron chi connectivity index (χ3n) is 3.57. The first kappa shape index (κ1) is 18.0. The second kappa shape index (κ2) is 7.07. The van der Waals surface area contributed by atoms with Gasteiger partial charge in [0.05, 0.1) is 22.2 Å². The van der Waals surface area contributed by atoms with Crippen LogP contribution < -0.4 is 5.43 Å². The van der Waals surface area contributed by atoms with Gasteiger partial charge >= 0.3 is 0 Å². The number of rotatable bonds is 4. The van der Waals surface area contributed by atoms with Crippen LogP contribution in [0.3, 0.4) is 0 Å². The maximum absolute atomic E-state index is 11.8. The lowest BCUT2D eigenvalue weighted by Gasteiger charge is -2.08. The van der Waals surface area contributed by atoms with E-state index in [1.165, 1.54) is 12.1 Å². The highest BCUT2D eigenvalue weighted by Gasteiger charge is 2.29. The Morgan fingerprint density at radius 2 is 2.13 bits per heavy atom. The standard InChI is InChI=1S/C14H16Cl2N2O4S/c1-8(11-5-10(15)6-12(16)14(11)20)17-18-13(19)4-9-2-3-23(21,22)7-9/h5-6,9,20H,2-4,7H2,1H3,(H,18,19)/b17-8+/t9-/m0/s1. The monoisotopic (exact) mass is 378 g/mol. The molecule has 23 heavy (non-hydrogen) atoms. The number of halogens is 2. The number of phenols is 1. The van der Waals surface area contributed by atoms with Crippen LogP contribution in [-0.2, 0) is 14.6 Å². The summed E-state index contributed by atoms with van der Waals surface area (Å²) in [5, 5.41) is 14.2. The first-order valence-corrected chi connectivity index (χ1v) is 9.47. The Hall–Kier alpha value is -1.31. The van der Waals surface area contributed by atoms with E-state index in [1.54, 1.807) is 6.92 Å². The van der Waals surface area contributed by atoms with Gasteiger partial charge in [0, 0.05) is 17.0 Å². The Morgan fingerprint density at radius 3 is 2.74 bits per heavy atom. The Kier molecular flexibility index (Phi) is 5.54. The van der Waals surface area contributed by atoms with Crippen molar-refractivity contribution in [1.82, 2.24) is 5.43 Å². The van der Waals surface area contributed by atoms with Crippen molar-refractivity contribution in [3.63, 3.8) is 0 Å². The van der Waals surface area contributed by atoms with Crippen LogP contribution >= 0.6 is 23.2 Å². The highest BCUT2D eigenvalue weighted by atomic mass is 35.5. The molecule has 1 atom stereocenters. The molecular formula is C14H16Cl2N2O4S. The molecule has 6 nitrogen and oxygen atoms in total. The van der Waals surface area contributed by atoms with Gasteiger partial charge in [-0.3, -0.25) is 4.79 Å². The predicted molar refractivity (Wildman–Crippen MR) is 89.9 cm³/mol. The number of hydrogen-bond acceptors (Lipinski definition) is 5. The molecule has 1 saturated heterocycles. The quantitative estimate of drug-likeness (QED) is 0.620. The number of carbonyl (C=O) groups excluding carboxylic acids is 1. The van der Waals surface area contributed by atoms with E-state index in [9.17, 15) is 18.3 Å². The molecule has 1 aliphatic rings. The van der Waals surface area contributed by atoms with Crippen molar-refractivity contribution in [2.45, 2.75) is 19.8 Å². The molecular weight excluding hydrogens is 363 g/mol. The minimum absolute atomic E-state index is 0.0355. The minimum atomic E-state index is -3.01. The summed E-state index contributed by atoms with van der Waals surface area (Å²) in [6.45, 7) is 1.59. The van der Waals surface area contributed by atoms with Gasteiger partial charge in [0.1, 0.15) is 5.75 Å². The second-order valence-corrected chi connectivity index (χ2v) is 8.56. The third-order valence-corrected chi connectivity index (χ3v) is 5.91. The number of hydrazone groups is 1. The van der Waals surface area contributed by atoms with Gasteiger partial charge in [-0.1, -0.05) is 23.2 Å². The van der Waals surface area contributed by atoms with Crippen LogP contribution in [0.2, 0.25) is 10.0 Å². The lowest BCUT2D eigenvalue weighted by molar-refractivity contribution is -0.121. The summed E-state index contributed by atoms with van der Waals surface area (Å²) in [4.78, 5) is 11.8. The maximum Gasteiger partial charge on any atom is 0.240 e. The molecule has 0 radical (unpaired) electrons. The SMILES string of the molecule is C/C(=N\NC(=O)C[C@@H]1CCS(=O)(=O)C1)c1cc(Cl)cc(Cl)c1O. The van der Waals surface area contributed by atoms with Crippen molar-refractivity contribution >= 4 is 44.7 Å². The summed E-state index contributed by atoms with van der Waals surface area (Å²) in [6, 6.07) is 2.88. The van der Waals surface area contributed by atoms with Crippen molar-refractivity contribution in [1.29, 1.82) is 0 Å². The number of nitrogens with zero attached hydrogens (tertiary/aromatic N) is 1. The van der Waals surface area contributed by atoms with Crippen molar-refractivity contribution in [2.24, 2.45) is 11.0 Å². The first-order chi connectivity index (χ1) is 10.7. The van der Waals surface area contributed by atoms with E-state index < -0.39 is 9.84 Å². The molecule has 1 aromatic carbocycles. The topological polar surface area (TPSA) is 95.8 Å². The maximum atomic E-state index is 11.8. The van der Waals surface area contributed by atoms with Gasteiger partial charge in [0.25, 0.3) is 0 Å². The van der Waals surface area contributed by atoms with Gasteiger partial charge in [0.15, 0.2) is 9.84 Å². The van der Waals surface area contributed by atoms with Crippen LogP contribution in [0.25, 0.3) is 0 Å². The molecule has 0 spiro atoms. The molecule has 9 heteroatoms. The summed E-state index contributed by atoms with van der Waals surface area (Å²) in [5.74, 6) is -0.562. The molecule has 0 bridgehead atoms. The average molecular weight is 379 g/mol. The molecule has 2 rings (SSSR count). The summed E-state index contributed by atoms with van der Waals surface area (Å²) in [7, 11) is -3.01. The van der Waals surface area contributed by atoms with Gasteiger partial charge in [-0.05, 0) is 31.4 Å². The zero-order valence-electron chi connectivity index (χ0n) is 12.3. The second-order valence-electron chi connectivity index (χ2n) is 5.49. The number of benzene rings is 1. The van der Waals surface area contributed by atoms with Crippen LogP contribution in [0.1, 0.15) is 25.3 Å². The highest BCUT2D eigenvalue weighted by Crippen LogP contribution is 2.31. The fraction of sp³-hybridized carbons (Fsp3) is 0.429. The van der Waals surface area contributed by atoms with Crippen LogP contribution in [0.5, 0.6) is 5.75 Å². The van der Waals surface area contributed by atoms with Gasteiger partial charge in [-0.25, -0.2) is 13.8 Å². The van der Waals surface area contributed by atoms with E-state index in [4.69, 9.17) is 23.2 Å². The van der Waals surface area contributed by atoms with Crippen molar-refractivity contribution in [2.75, 3.05) is 11.5 Å². The number of amides is 1. The number of hydrogen-bond donors (Lipinski definition) is 2. The van der Waals surface area contributed by atoms with E-state index in [1.807, 2.05) is 0 Å². The third kappa shape index (κ3) is 4.83. The smallest absolute Gasteiger partial charge is 0.240 e. The fourth-order valence-corrected chi connectivity index (χ4v) is 4.74. The minimum Gasteiger partial charge on any atom is -0.506 e. The zero-order valence-corrected chi connectivity index (χ0v) is 14.7. The largest absolute Gasteiger partial charge is 0.506 e. The zero-order chi connectivity index (χ0) is 17.2. The molecule has 2 N–H and O–H groups in total. The molecule has 0 unspecified atom stereocenters. The van der Waals surface area contributed by atoms with Crippen molar-refractivity contribution < 1.29 is 18.3 Å². The van der Waals surface area contributed by atoms with Crippen LogP contribution in [0.15, 0.2) is 17.2 Å². The molecule has 0 saturated carbocycles. The Balaban J connectivity index is 2.01. The Morgan fingerprint density at radius 1 is 1.43 bits per heavy atom. The fourth-order valence-electron chi connectivity index (χ4n) is 2.39. The molecule has 0 aromatic heterocycles. The Bertz CT molecular complexity index is 762. The predicted octanol–water partition coefficient (Wildman–Crippen LogP) is 2.36. The summed E-state index contributed by atoms with van der Waals surface area (Å²) in [6.07, 6.45) is 0.585. The van der Waals surface area contributed by atoms with Gasteiger partial charge in [-0.15, -0.1) is 0 Å². The normalized spacial score (nSPS) is 20.5. The van der Waals surface area contributed by atoms with Crippen LogP contribution in [-0.4, -0.2) is 36.6 Å². The van der Waals surface area contributed by atoms with Crippen molar-refractivity contribution in [3.8, 4) is 5.75 Å². The number of sulfone groups is 1. The van der Waals surface area contributed by atoms with Gasteiger partial charge in [0.2, 0.25) is 5.91 Å². The number of carbonyl (C=O) groups is 1. The van der Waals surface area contributed by atoms with Gasteiger partial charge < -0.3 is 5.11 Å². The molecule has 126 valence electrons. The summed E-state index contributed by atoms with van der Waals surface area (Å²) < 4.78 is 22.7. The number of nitrogens with one attached hydrogen (secondary N) is 1. The van der Waals surface area contributed by atoms with E-state index in [-0.39, 0.29) is 40.5 Å². The lowest BCUT2D eigenvalue weighted by atomic mass is 10.1. The number of aromatic hydroxyl groups is 1. The van der Waals surface area contributed by atoms with Gasteiger partial charge in [-0.2, -0.15) is 5.10 Å². The van der Waals surface area contributed by atoms with Crippen molar-refractivity contribution in [3.05, 3.63) is 27.7 Å². The molecule has 0 aliphatic carbocycles. The number of phenolic OH excluding ortho intramolecular Hbond substituents is 1. The van der Waals surface area contributed by atoms with Crippen LogP contribution in [0.4, 0.5) is 0 Å². The average Bonchev–Trinajstić information content (AvgIpc) is 2.79. The lowest BCUT2D eigenvalue weighted by Crippen LogP contribution is -2.22. The molecule has 1 fully saturated rings. The van der Waals surface area contributed by atoms with E-state index in [0.717, 1.165) is 0 Å². The highest BCUT2D eigenvalue weighted by molar-refractivity contribution is 7.91. The summed E-state index contributed by atoms with van der Waals surface area (Å²) in [5.41, 5.74) is 3.00. The molecule has 1 heterocycles. The molecule has 1 amide bonds. The van der Waals surface area contributed by atoms with E-state index >= 15 is 0 Å².